The summed E-state index contributed by atoms with van der Waals surface area (Å²) in [4.78, 5) is 0. The van der Waals surface area contributed by atoms with Crippen LogP contribution in [0.2, 0.25) is 0 Å². The second-order valence-corrected chi connectivity index (χ2v) is 2.83. The minimum atomic E-state index is -0.261. The molecular formula is C8H10N2O2. The van der Waals surface area contributed by atoms with Gasteiger partial charge in [0.2, 0.25) is 0 Å². The van der Waals surface area contributed by atoms with E-state index in [1.165, 1.54) is 6.07 Å². The van der Waals surface area contributed by atoms with Crippen molar-refractivity contribution in [1.29, 1.82) is 0 Å². The fourth-order valence-corrected chi connectivity index (χ4v) is 1.38. The van der Waals surface area contributed by atoms with Gasteiger partial charge in [-0.2, -0.15) is 0 Å². The normalized spacial score (nSPS) is 20.2. The lowest BCUT2D eigenvalue weighted by molar-refractivity contribution is 0.334. The van der Waals surface area contributed by atoms with Crippen LogP contribution in [0.1, 0.15) is 11.6 Å². The molecule has 2 rings (SSSR count). The molecule has 4 heteroatoms. The van der Waals surface area contributed by atoms with Gasteiger partial charge in [-0.1, -0.05) is 0 Å². The van der Waals surface area contributed by atoms with Gasteiger partial charge < -0.3 is 21.3 Å². The molecular weight excluding hydrogens is 156 g/mol. The zero-order valence-corrected chi connectivity index (χ0v) is 6.45. The highest BCUT2D eigenvalue weighted by molar-refractivity contribution is 5.63. The summed E-state index contributed by atoms with van der Waals surface area (Å²) in [5.74, 6) is 0.687. The molecule has 0 saturated heterocycles. The predicted molar refractivity (Wildman–Crippen MR) is 44.9 cm³/mol. The van der Waals surface area contributed by atoms with Gasteiger partial charge in [0.05, 0.1) is 17.3 Å². The Balaban J connectivity index is 2.64. The first-order valence-electron chi connectivity index (χ1n) is 3.70. The van der Waals surface area contributed by atoms with Crippen LogP contribution < -0.4 is 16.2 Å². The van der Waals surface area contributed by atoms with Crippen LogP contribution >= 0.6 is 0 Å². The average molecular weight is 166 g/mol. The zero-order valence-electron chi connectivity index (χ0n) is 6.45. The van der Waals surface area contributed by atoms with Gasteiger partial charge in [-0.25, -0.2) is 0 Å². The number of benzene rings is 1. The fraction of sp³-hybridized carbons (Fsp3) is 0.250. The van der Waals surface area contributed by atoms with Crippen molar-refractivity contribution in [1.82, 2.24) is 0 Å². The van der Waals surface area contributed by atoms with E-state index < -0.39 is 0 Å². The molecule has 1 aromatic rings. The highest BCUT2D eigenvalue weighted by Gasteiger charge is 2.25. The molecule has 1 atom stereocenters. The molecule has 0 unspecified atom stereocenters. The largest absolute Gasteiger partial charge is 0.507 e. The van der Waals surface area contributed by atoms with Gasteiger partial charge in [0.25, 0.3) is 0 Å². The molecule has 1 aliphatic rings. The third-order valence-corrected chi connectivity index (χ3v) is 1.98. The van der Waals surface area contributed by atoms with Crippen LogP contribution in [-0.4, -0.2) is 11.7 Å². The minimum absolute atomic E-state index is 0.157. The highest BCUT2D eigenvalue weighted by atomic mass is 16.5. The number of ether oxygens (including phenoxy) is 1. The molecule has 0 bridgehead atoms. The highest BCUT2D eigenvalue weighted by Crippen LogP contribution is 2.41. The molecule has 0 aromatic heterocycles. The van der Waals surface area contributed by atoms with Crippen molar-refractivity contribution in [3.63, 3.8) is 0 Å². The first-order valence-corrected chi connectivity index (χ1v) is 3.70. The Kier molecular flexibility index (Phi) is 1.38. The molecule has 0 radical (unpaired) electrons. The molecule has 1 aliphatic heterocycles. The van der Waals surface area contributed by atoms with E-state index in [9.17, 15) is 5.11 Å². The number of hydrogen-bond donors (Lipinski definition) is 3. The molecule has 0 aliphatic carbocycles. The van der Waals surface area contributed by atoms with Crippen LogP contribution in [0.3, 0.4) is 0 Å². The van der Waals surface area contributed by atoms with E-state index >= 15 is 0 Å². The maximum absolute atomic E-state index is 9.41. The third kappa shape index (κ3) is 0.816. The third-order valence-electron chi connectivity index (χ3n) is 1.98. The Morgan fingerprint density at radius 2 is 2.25 bits per heavy atom. The van der Waals surface area contributed by atoms with E-state index in [1.807, 2.05) is 0 Å². The number of nitrogens with two attached hydrogens (primary N) is 2. The van der Waals surface area contributed by atoms with Crippen molar-refractivity contribution in [3.05, 3.63) is 17.7 Å². The molecule has 1 heterocycles. The number of nitrogen functional groups attached to an aromatic ring is 1. The second kappa shape index (κ2) is 2.28. The summed E-state index contributed by atoms with van der Waals surface area (Å²) in [6.45, 7) is 0.386. The van der Waals surface area contributed by atoms with Crippen molar-refractivity contribution in [2.24, 2.45) is 5.73 Å². The monoisotopic (exact) mass is 166 g/mol. The van der Waals surface area contributed by atoms with Crippen LogP contribution in [0.4, 0.5) is 5.69 Å². The van der Waals surface area contributed by atoms with E-state index in [0.29, 0.717) is 23.6 Å². The Bertz CT molecular complexity index is 325. The van der Waals surface area contributed by atoms with Crippen molar-refractivity contribution >= 4 is 5.69 Å². The van der Waals surface area contributed by atoms with Gasteiger partial charge in [-0.15, -0.1) is 0 Å². The standard InChI is InChI=1S/C8H10N2O2/c9-4-1-2-6(11)7-5(10)3-12-8(4)7/h1-2,5,11H,3,9-10H2/t5-/m1/s1. The van der Waals surface area contributed by atoms with E-state index in [4.69, 9.17) is 16.2 Å². The lowest BCUT2D eigenvalue weighted by Crippen LogP contribution is -2.10. The quantitative estimate of drug-likeness (QED) is 0.384. The summed E-state index contributed by atoms with van der Waals surface area (Å²) in [7, 11) is 0. The summed E-state index contributed by atoms with van der Waals surface area (Å²) < 4.78 is 5.21. The Morgan fingerprint density at radius 1 is 1.50 bits per heavy atom. The Hall–Kier alpha value is -1.42. The molecule has 0 amide bonds. The zero-order chi connectivity index (χ0) is 8.72. The predicted octanol–water partition coefficient (Wildman–Crippen LogP) is 0.367. The molecule has 5 N–H and O–H groups in total. The van der Waals surface area contributed by atoms with Gasteiger partial charge in [0.1, 0.15) is 12.4 Å². The van der Waals surface area contributed by atoms with Crippen LogP contribution in [0.5, 0.6) is 11.5 Å². The van der Waals surface area contributed by atoms with Gasteiger partial charge in [-0.3, -0.25) is 0 Å². The Labute approximate surface area is 69.7 Å². The average Bonchev–Trinajstić information content (AvgIpc) is 2.42. The lowest BCUT2D eigenvalue weighted by atomic mass is 10.1. The van der Waals surface area contributed by atoms with Gasteiger partial charge in [-0.05, 0) is 12.1 Å². The smallest absolute Gasteiger partial charge is 0.150 e. The maximum atomic E-state index is 9.41. The van der Waals surface area contributed by atoms with Crippen molar-refractivity contribution < 1.29 is 9.84 Å². The summed E-state index contributed by atoms with van der Waals surface area (Å²) in [5, 5.41) is 9.41. The molecule has 0 fully saturated rings. The van der Waals surface area contributed by atoms with E-state index in [-0.39, 0.29) is 11.8 Å². The van der Waals surface area contributed by atoms with E-state index in [0.717, 1.165) is 0 Å². The first kappa shape index (κ1) is 7.24. The van der Waals surface area contributed by atoms with Crippen LogP contribution in [-0.2, 0) is 0 Å². The fourth-order valence-electron chi connectivity index (χ4n) is 1.38. The number of phenols is 1. The Morgan fingerprint density at radius 3 is 2.92 bits per heavy atom. The van der Waals surface area contributed by atoms with E-state index in [1.54, 1.807) is 6.07 Å². The summed E-state index contributed by atoms with van der Waals surface area (Å²) >= 11 is 0. The van der Waals surface area contributed by atoms with Crippen molar-refractivity contribution in [3.8, 4) is 11.5 Å². The number of anilines is 1. The molecule has 0 spiro atoms. The molecule has 0 saturated carbocycles. The molecule has 4 nitrogen and oxygen atoms in total. The first-order chi connectivity index (χ1) is 5.70. The molecule has 12 heavy (non-hydrogen) atoms. The van der Waals surface area contributed by atoms with Gasteiger partial charge >= 0.3 is 0 Å². The topological polar surface area (TPSA) is 81.5 Å². The second-order valence-electron chi connectivity index (χ2n) is 2.83. The van der Waals surface area contributed by atoms with Crippen molar-refractivity contribution in [2.75, 3.05) is 12.3 Å². The summed E-state index contributed by atoms with van der Waals surface area (Å²) in [6.07, 6.45) is 0. The van der Waals surface area contributed by atoms with Crippen molar-refractivity contribution in [2.45, 2.75) is 6.04 Å². The van der Waals surface area contributed by atoms with E-state index in [2.05, 4.69) is 0 Å². The SMILES string of the molecule is Nc1ccc(O)c2c1OC[C@H]2N. The van der Waals surface area contributed by atoms with Crippen LogP contribution in [0.15, 0.2) is 12.1 Å². The number of fused-ring (bicyclic) bond motifs is 1. The van der Waals surface area contributed by atoms with Crippen LogP contribution in [0.25, 0.3) is 0 Å². The summed E-state index contributed by atoms with van der Waals surface area (Å²) in [5.41, 5.74) is 12.4. The number of rotatable bonds is 0. The van der Waals surface area contributed by atoms with Gasteiger partial charge in [0, 0.05) is 0 Å². The number of hydrogen-bond acceptors (Lipinski definition) is 4. The minimum Gasteiger partial charge on any atom is -0.507 e. The number of phenolic OH excluding ortho intramolecular Hbond substituents is 1. The molecule has 64 valence electrons. The van der Waals surface area contributed by atoms with Gasteiger partial charge in [0.15, 0.2) is 5.75 Å². The molecule has 1 aromatic carbocycles. The lowest BCUT2D eigenvalue weighted by Gasteiger charge is -2.05. The van der Waals surface area contributed by atoms with Crippen LogP contribution in [0, 0.1) is 0 Å². The number of aromatic hydroxyl groups is 1. The summed E-state index contributed by atoms with van der Waals surface area (Å²) in [6, 6.07) is 2.87. The maximum Gasteiger partial charge on any atom is 0.150 e.